The molecule has 0 bridgehead atoms. The third kappa shape index (κ3) is 3.04. The predicted molar refractivity (Wildman–Crippen MR) is 100 cm³/mol. The van der Waals surface area contributed by atoms with Gasteiger partial charge in [-0.2, -0.15) is 0 Å². The summed E-state index contributed by atoms with van der Waals surface area (Å²) in [7, 11) is 0. The Morgan fingerprint density at radius 2 is 1.83 bits per heavy atom. The van der Waals surface area contributed by atoms with E-state index in [4.69, 9.17) is 4.99 Å². The van der Waals surface area contributed by atoms with Gasteiger partial charge in [-0.15, -0.1) is 0 Å². The molecular weight excluding hydrogens is 352 g/mol. The summed E-state index contributed by atoms with van der Waals surface area (Å²) in [5.74, 6) is 0.147. The summed E-state index contributed by atoms with van der Waals surface area (Å²) in [6.45, 7) is 4.27. The van der Waals surface area contributed by atoms with Crippen molar-refractivity contribution in [1.29, 1.82) is 0 Å². The molecule has 2 aromatic carbocycles. The fourth-order valence-corrected chi connectivity index (χ4v) is 3.17. The largest absolute Gasteiger partial charge is 0.494 e. The van der Waals surface area contributed by atoms with E-state index in [9.17, 15) is 5.11 Å². The molecule has 0 aliphatic rings. The smallest absolute Gasteiger partial charge is 0.198 e. The monoisotopic (exact) mass is 370 g/mol. The fourth-order valence-electron chi connectivity index (χ4n) is 2.81. The summed E-state index contributed by atoms with van der Waals surface area (Å²) in [6, 6.07) is 12.2. The maximum Gasteiger partial charge on any atom is 0.198 e. The van der Waals surface area contributed by atoms with Crippen LogP contribution in [0.1, 0.15) is 30.5 Å². The predicted octanol–water partition coefficient (Wildman–Crippen LogP) is 5.51. The molecule has 2 N–H and O–H groups in total. The highest BCUT2D eigenvalue weighted by Gasteiger charge is 2.10. The topological polar surface area (TPSA) is 48.4 Å². The van der Waals surface area contributed by atoms with Crippen molar-refractivity contribution < 1.29 is 5.11 Å². The Kier molecular flexibility index (Phi) is 4.53. The molecule has 0 spiro atoms. The second-order valence-electron chi connectivity index (χ2n) is 5.47. The number of aryl methyl sites for hydroxylation is 2. The number of aromatic amines is 1. The molecule has 0 amide bonds. The first-order valence-corrected chi connectivity index (χ1v) is 8.58. The van der Waals surface area contributed by atoms with E-state index >= 15 is 0 Å². The molecule has 0 saturated carbocycles. The Hall–Kier alpha value is -2.07. The first-order valence-electron chi connectivity index (χ1n) is 7.79. The molecule has 3 nitrogen and oxygen atoms in total. The number of rotatable bonds is 4. The van der Waals surface area contributed by atoms with Crippen LogP contribution >= 0.6 is 15.9 Å². The van der Waals surface area contributed by atoms with Crippen LogP contribution < -0.4 is 0 Å². The number of aromatic nitrogens is 1. The van der Waals surface area contributed by atoms with E-state index in [0.717, 1.165) is 33.9 Å². The number of para-hydroxylation sites is 1. The second-order valence-corrected chi connectivity index (χ2v) is 6.38. The van der Waals surface area contributed by atoms with Crippen molar-refractivity contribution in [2.45, 2.75) is 26.7 Å². The number of nitrogens with zero attached hydrogens (tertiary/aromatic N) is 1. The van der Waals surface area contributed by atoms with Gasteiger partial charge >= 0.3 is 0 Å². The van der Waals surface area contributed by atoms with Gasteiger partial charge in [0.2, 0.25) is 0 Å². The number of fused-ring (bicyclic) bond motifs is 1. The minimum Gasteiger partial charge on any atom is -0.494 e. The van der Waals surface area contributed by atoms with Gasteiger partial charge in [0.05, 0.1) is 11.3 Å². The molecule has 23 heavy (non-hydrogen) atoms. The van der Waals surface area contributed by atoms with Crippen molar-refractivity contribution >= 4 is 38.7 Å². The third-order valence-electron chi connectivity index (χ3n) is 4.07. The molecular formula is C19H19BrN2O. The van der Waals surface area contributed by atoms with Gasteiger partial charge in [0, 0.05) is 21.6 Å². The van der Waals surface area contributed by atoms with E-state index in [0.29, 0.717) is 5.56 Å². The van der Waals surface area contributed by atoms with Crippen LogP contribution in [0.15, 0.2) is 45.9 Å². The summed E-state index contributed by atoms with van der Waals surface area (Å²) in [4.78, 5) is 7.70. The van der Waals surface area contributed by atoms with E-state index in [2.05, 4.69) is 53.0 Å². The van der Waals surface area contributed by atoms with E-state index in [1.165, 1.54) is 11.1 Å². The molecule has 1 heterocycles. The molecule has 3 rings (SSSR count). The standard InChI is InChI=1S/C19H19BrN2O/c1-3-12-6-5-7-13(4-2)18(12)21-11-16-15-10-14(20)8-9-17(15)22-19(16)23/h5-11,22-23H,3-4H2,1-2H3. The first-order chi connectivity index (χ1) is 11.1. The molecule has 118 valence electrons. The summed E-state index contributed by atoms with van der Waals surface area (Å²) in [5, 5.41) is 11.1. The van der Waals surface area contributed by atoms with E-state index in [1.807, 2.05) is 18.2 Å². The molecule has 0 unspecified atom stereocenters. The van der Waals surface area contributed by atoms with Crippen LogP contribution in [0.5, 0.6) is 5.88 Å². The highest BCUT2D eigenvalue weighted by atomic mass is 79.9. The quantitative estimate of drug-likeness (QED) is 0.584. The van der Waals surface area contributed by atoms with Crippen molar-refractivity contribution in [2.24, 2.45) is 4.99 Å². The van der Waals surface area contributed by atoms with Crippen molar-refractivity contribution in [3.05, 3.63) is 57.6 Å². The normalized spacial score (nSPS) is 11.6. The molecule has 0 fully saturated rings. The lowest BCUT2D eigenvalue weighted by Gasteiger charge is -2.08. The lowest BCUT2D eigenvalue weighted by Crippen LogP contribution is -1.89. The number of aromatic hydroxyl groups is 1. The van der Waals surface area contributed by atoms with Crippen LogP contribution in [0.2, 0.25) is 0 Å². The maximum atomic E-state index is 10.2. The summed E-state index contributed by atoms with van der Waals surface area (Å²) >= 11 is 3.48. The Morgan fingerprint density at radius 3 is 2.48 bits per heavy atom. The lowest BCUT2D eigenvalue weighted by atomic mass is 10.0. The zero-order chi connectivity index (χ0) is 16.4. The molecule has 0 aliphatic carbocycles. The van der Waals surface area contributed by atoms with Crippen LogP contribution in [0.4, 0.5) is 5.69 Å². The molecule has 0 radical (unpaired) electrons. The number of hydrogen-bond donors (Lipinski definition) is 2. The summed E-state index contributed by atoms with van der Waals surface area (Å²) < 4.78 is 0.974. The van der Waals surface area contributed by atoms with Crippen LogP contribution in [-0.4, -0.2) is 16.3 Å². The van der Waals surface area contributed by atoms with Crippen molar-refractivity contribution in [2.75, 3.05) is 0 Å². The van der Waals surface area contributed by atoms with Crippen molar-refractivity contribution in [1.82, 2.24) is 4.98 Å². The Morgan fingerprint density at radius 1 is 1.13 bits per heavy atom. The zero-order valence-electron chi connectivity index (χ0n) is 13.2. The zero-order valence-corrected chi connectivity index (χ0v) is 14.8. The van der Waals surface area contributed by atoms with Gasteiger partial charge in [0.1, 0.15) is 0 Å². The van der Waals surface area contributed by atoms with Crippen LogP contribution in [0.25, 0.3) is 10.9 Å². The Bertz CT molecular complexity index is 858. The summed E-state index contributed by atoms with van der Waals surface area (Å²) in [5.41, 5.74) is 5.07. The summed E-state index contributed by atoms with van der Waals surface area (Å²) in [6.07, 6.45) is 3.63. The van der Waals surface area contributed by atoms with E-state index in [1.54, 1.807) is 6.21 Å². The van der Waals surface area contributed by atoms with E-state index < -0.39 is 0 Å². The maximum absolute atomic E-state index is 10.2. The third-order valence-corrected chi connectivity index (χ3v) is 4.56. The van der Waals surface area contributed by atoms with Gasteiger partial charge in [-0.25, -0.2) is 0 Å². The number of aliphatic imine (C=N–C) groups is 1. The molecule has 0 atom stereocenters. The first kappa shape index (κ1) is 15.8. The van der Waals surface area contributed by atoms with Gasteiger partial charge in [-0.1, -0.05) is 48.0 Å². The average molecular weight is 371 g/mol. The second kappa shape index (κ2) is 6.59. The SMILES string of the molecule is CCc1cccc(CC)c1N=Cc1c(O)[nH]c2ccc(Br)cc12. The number of nitrogens with one attached hydrogen (secondary N) is 1. The van der Waals surface area contributed by atoms with Crippen molar-refractivity contribution in [3.63, 3.8) is 0 Å². The van der Waals surface area contributed by atoms with Gasteiger partial charge in [-0.3, -0.25) is 4.99 Å². The highest BCUT2D eigenvalue weighted by molar-refractivity contribution is 9.10. The van der Waals surface area contributed by atoms with Crippen LogP contribution in [-0.2, 0) is 12.8 Å². The molecule has 0 aliphatic heterocycles. The molecule has 1 aromatic heterocycles. The minimum atomic E-state index is 0.147. The lowest BCUT2D eigenvalue weighted by molar-refractivity contribution is 0.457. The van der Waals surface area contributed by atoms with Gasteiger partial charge in [-0.05, 0) is 42.2 Å². The van der Waals surface area contributed by atoms with Gasteiger partial charge in [0.25, 0.3) is 0 Å². The highest BCUT2D eigenvalue weighted by Crippen LogP contribution is 2.30. The Balaban J connectivity index is 2.11. The van der Waals surface area contributed by atoms with Gasteiger partial charge in [0.15, 0.2) is 5.88 Å². The number of hydrogen-bond acceptors (Lipinski definition) is 2. The van der Waals surface area contributed by atoms with Gasteiger partial charge < -0.3 is 10.1 Å². The average Bonchev–Trinajstić information content (AvgIpc) is 2.87. The van der Waals surface area contributed by atoms with Crippen LogP contribution in [0.3, 0.4) is 0 Å². The fraction of sp³-hybridized carbons (Fsp3) is 0.211. The molecule has 3 aromatic rings. The minimum absolute atomic E-state index is 0.147. The number of H-pyrrole nitrogens is 1. The Labute approximate surface area is 144 Å². The number of benzene rings is 2. The van der Waals surface area contributed by atoms with Crippen molar-refractivity contribution in [3.8, 4) is 5.88 Å². The number of halogens is 1. The molecule has 0 saturated heterocycles. The molecule has 4 heteroatoms. The van der Waals surface area contributed by atoms with Crippen LogP contribution in [0, 0.1) is 0 Å². The van der Waals surface area contributed by atoms with E-state index in [-0.39, 0.29) is 5.88 Å².